The van der Waals surface area contributed by atoms with E-state index in [9.17, 15) is 0 Å². The molecule has 66 heavy (non-hydrogen) atoms. The average molecular weight is 838 g/mol. The predicted molar refractivity (Wildman–Crippen MR) is 277 cm³/mol. The van der Waals surface area contributed by atoms with E-state index in [1.807, 2.05) is 24.3 Å². The van der Waals surface area contributed by atoms with Crippen LogP contribution < -0.4 is 0 Å². The van der Waals surface area contributed by atoms with Gasteiger partial charge in [0.05, 0.1) is 22.6 Å². The predicted octanol–water partition coefficient (Wildman–Crippen LogP) is 16.8. The van der Waals surface area contributed by atoms with Gasteiger partial charge >= 0.3 is 0 Å². The van der Waals surface area contributed by atoms with E-state index in [0.29, 0.717) is 5.82 Å². The molecule has 0 aliphatic heterocycles. The third kappa shape index (κ3) is 6.32. The van der Waals surface area contributed by atoms with Crippen molar-refractivity contribution in [3.63, 3.8) is 0 Å². The molecule has 0 atom stereocenters. The molecule has 0 saturated carbocycles. The molecule has 11 aromatic carbocycles. The van der Waals surface area contributed by atoms with Crippen LogP contribution >= 0.6 is 0 Å². The highest BCUT2D eigenvalue weighted by molar-refractivity contribution is 6.21. The second-order valence-electron chi connectivity index (χ2n) is 17.1. The highest BCUT2D eigenvalue weighted by Gasteiger charge is 2.20. The highest BCUT2D eigenvalue weighted by Crippen LogP contribution is 2.45. The Labute approximate surface area is 382 Å². The van der Waals surface area contributed by atoms with Gasteiger partial charge in [0.1, 0.15) is 0 Å². The van der Waals surface area contributed by atoms with Crippen LogP contribution in [-0.4, -0.2) is 15.0 Å². The zero-order chi connectivity index (χ0) is 43.6. The van der Waals surface area contributed by atoms with E-state index in [1.165, 1.54) is 48.7 Å². The maximum atomic E-state index is 5.70. The van der Waals surface area contributed by atoms with Gasteiger partial charge in [-0.2, -0.15) is 0 Å². The second kappa shape index (κ2) is 15.5. The molecule has 0 N–H and O–H groups in total. The molecule has 3 heteroatoms. The summed E-state index contributed by atoms with van der Waals surface area (Å²) in [6.07, 6.45) is 0. The van der Waals surface area contributed by atoms with Crippen LogP contribution in [0.15, 0.2) is 237 Å². The van der Waals surface area contributed by atoms with Crippen LogP contribution in [-0.2, 0) is 0 Å². The smallest absolute Gasteiger partial charge is 0.160 e. The third-order valence-electron chi connectivity index (χ3n) is 13.2. The molecule has 306 valence electrons. The number of hydrogen-bond donors (Lipinski definition) is 0. The van der Waals surface area contributed by atoms with Crippen LogP contribution in [0.1, 0.15) is 0 Å². The Bertz CT molecular complexity index is 3970. The van der Waals surface area contributed by atoms with Gasteiger partial charge in [0.25, 0.3) is 0 Å². The fourth-order valence-electron chi connectivity index (χ4n) is 10.1. The van der Waals surface area contributed by atoms with Gasteiger partial charge < -0.3 is 0 Å². The van der Waals surface area contributed by atoms with Crippen LogP contribution in [0.5, 0.6) is 0 Å². The van der Waals surface area contributed by atoms with Crippen molar-refractivity contribution in [2.45, 2.75) is 0 Å². The lowest BCUT2D eigenvalue weighted by Gasteiger charge is -2.18. The third-order valence-corrected chi connectivity index (χ3v) is 13.2. The standard InChI is InChI=1S/C63H39N3/c1-3-17-41(18-4-1)59-39-60(66-63(65-59)43-19-5-2-6-20-43)42-33-31-40(32-34-42)54-37-58-56(55-35-44-21-7-9-23-46(44)48-25-11-13-27-50(48)55)38-61(64-62(58)53-30-16-15-29-52(53)54)57-36-45-22-8-10-24-47(45)49-26-12-14-28-51(49)57/h1-39H. The molecule has 2 heterocycles. The first-order valence-electron chi connectivity index (χ1n) is 22.5. The molecule has 13 aromatic rings. The van der Waals surface area contributed by atoms with Crippen molar-refractivity contribution in [1.82, 2.24) is 15.0 Å². The van der Waals surface area contributed by atoms with Gasteiger partial charge in [0, 0.05) is 33.0 Å². The minimum atomic E-state index is 0.703. The average Bonchev–Trinajstić information content (AvgIpc) is 3.40. The van der Waals surface area contributed by atoms with Crippen molar-refractivity contribution in [3.8, 4) is 67.4 Å². The van der Waals surface area contributed by atoms with E-state index in [-0.39, 0.29) is 0 Å². The lowest BCUT2D eigenvalue weighted by atomic mass is 9.87. The lowest BCUT2D eigenvalue weighted by molar-refractivity contribution is 1.18. The molecule has 2 aromatic heterocycles. The summed E-state index contributed by atoms with van der Waals surface area (Å²) < 4.78 is 0. The van der Waals surface area contributed by atoms with Crippen LogP contribution in [0.25, 0.3) is 132 Å². The second-order valence-corrected chi connectivity index (χ2v) is 17.1. The number of nitrogens with zero attached hydrogens (tertiary/aromatic N) is 3. The first-order chi connectivity index (χ1) is 32.7. The summed E-state index contributed by atoms with van der Waals surface area (Å²) in [7, 11) is 0. The number of pyridine rings is 1. The summed E-state index contributed by atoms with van der Waals surface area (Å²) in [6, 6.07) is 84.8. The van der Waals surface area contributed by atoms with Gasteiger partial charge in [-0.1, -0.05) is 206 Å². The molecule has 0 aliphatic rings. The number of aromatic nitrogens is 3. The molecular formula is C63H39N3. The first kappa shape index (κ1) is 37.7. The maximum absolute atomic E-state index is 5.70. The fourth-order valence-corrected chi connectivity index (χ4v) is 10.1. The summed E-state index contributed by atoms with van der Waals surface area (Å²) in [4.78, 5) is 15.9. The summed E-state index contributed by atoms with van der Waals surface area (Å²) in [5, 5.41) is 13.1. The van der Waals surface area contributed by atoms with E-state index in [4.69, 9.17) is 15.0 Å². The quantitative estimate of drug-likeness (QED) is 0.157. The van der Waals surface area contributed by atoms with Gasteiger partial charge in [0.15, 0.2) is 5.82 Å². The van der Waals surface area contributed by atoms with Gasteiger partial charge in [-0.3, -0.25) is 0 Å². The Morgan fingerprint density at radius 2 is 0.636 bits per heavy atom. The van der Waals surface area contributed by atoms with Crippen molar-refractivity contribution in [1.29, 1.82) is 0 Å². The molecule has 0 unspecified atom stereocenters. The first-order valence-corrected chi connectivity index (χ1v) is 22.5. The SMILES string of the molecule is c1ccc(-c2cc(-c3ccc(-c4cc5c(-c6cc7ccccc7c7ccccc67)cc(-c6cc7ccccc7c7ccccc67)nc5c5ccccc45)cc3)nc(-c3ccccc3)n2)cc1. The Morgan fingerprint density at radius 1 is 0.212 bits per heavy atom. The zero-order valence-corrected chi connectivity index (χ0v) is 35.9. The van der Waals surface area contributed by atoms with Crippen LogP contribution in [0.3, 0.4) is 0 Å². The lowest BCUT2D eigenvalue weighted by Crippen LogP contribution is -1.96. The summed E-state index contributed by atoms with van der Waals surface area (Å²) in [5.74, 6) is 0.703. The summed E-state index contributed by atoms with van der Waals surface area (Å²) in [6.45, 7) is 0. The Balaban J connectivity index is 1.05. The largest absolute Gasteiger partial charge is 0.247 e. The molecule has 0 saturated heterocycles. The van der Waals surface area contributed by atoms with E-state index in [0.717, 1.165) is 77.7 Å². The molecular weight excluding hydrogens is 799 g/mol. The molecule has 0 radical (unpaired) electrons. The minimum Gasteiger partial charge on any atom is -0.247 e. The van der Waals surface area contributed by atoms with Crippen molar-refractivity contribution in [2.24, 2.45) is 0 Å². The molecule has 0 bridgehead atoms. The molecule has 0 fully saturated rings. The van der Waals surface area contributed by atoms with E-state index >= 15 is 0 Å². The van der Waals surface area contributed by atoms with Crippen LogP contribution in [0, 0.1) is 0 Å². The van der Waals surface area contributed by atoms with Crippen molar-refractivity contribution >= 4 is 64.8 Å². The number of hydrogen-bond acceptors (Lipinski definition) is 3. The summed E-state index contributed by atoms with van der Waals surface area (Å²) >= 11 is 0. The van der Waals surface area contributed by atoms with Gasteiger partial charge in [-0.25, -0.2) is 15.0 Å². The number of fused-ring (bicyclic) bond motifs is 9. The Hall–Kier alpha value is -8.79. The van der Waals surface area contributed by atoms with Crippen molar-refractivity contribution in [3.05, 3.63) is 237 Å². The normalized spacial score (nSPS) is 11.6. The van der Waals surface area contributed by atoms with Crippen molar-refractivity contribution < 1.29 is 0 Å². The number of benzene rings is 11. The van der Waals surface area contributed by atoms with E-state index in [2.05, 4.69) is 212 Å². The van der Waals surface area contributed by atoms with Gasteiger partial charge in [-0.15, -0.1) is 0 Å². The topological polar surface area (TPSA) is 38.7 Å². The molecule has 13 rings (SSSR count). The molecule has 0 spiro atoms. The molecule has 0 amide bonds. The van der Waals surface area contributed by atoms with Gasteiger partial charge in [-0.05, 0) is 101 Å². The van der Waals surface area contributed by atoms with E-state index in [1.54, 1.807) is 0 Å². The Kier molecular flexibility index (Phi) is 8.85. The number of rotatable bonds is 6. The minimum absolute atomic E-state index is 0.703. The zero-order valence-electron chi connectivity index (χ0n) is 35.9. The fraction of sp³-hybridized carbons (Fsp3) is 0. The van der Waals surface area contributed by atoms with Crippen LogP contribution in [0.2, 0.25) is 0 Å². The van der Waals surface area contributed by atoms with Crippen molar-refractivity contribution in [2.75, 3.05) is 0 Å². The maximum Gasteiger partial charge on any atom is 0.160 e. The highest BCUT2D eigenvalue weighted by atomic mass is 14.9. The Morgan fingerprint density at radius 3 is 1.24 bits per heavy atom. The van der Waals surface area contributed by atoms with E-state index < -0.39 is 0 Å². The van der Waals surface area contributed by atoms with Gasteiger partial charge in [0.2, 0.25) is 0 Å². The molecule has 0 aliphatic carbocycles. The summed E-state index contributed by atoms with van der Waals surface area (Å²) in [5.41, 5.74) is 12.5. The monoisotopic (exact) mass is 837 g/mol. The molecule has 3 nitrogen and oxygen atoms in total. The van der Waals surface area contributed by atoms with Crippen LogP contribution in [0.4, 0.5) is 0 Å².